The molecule has 17 heavy (non-hydrogen) atoms. The van der Waals surface area contributed by atoms with Crippen LogP contribution in [0.3, 0.4) is 0 Å². The van der Waals surface area contributed by atoms with Crippen LogP contribution < -0.4 is 11.1 Å². The number of aromatic nitrogens is 1. The number of nitrogen functional groups attached to an aromatic ring is 1. The largest absolute Gasteiger partial charge is 0.384 e. The molecule has 2 rings (SSSR count). The summed E-state index contributed by atoms with van der Waals surface area (Å²) in [6.45, 7) is 4.48. The number of carbonyl (C=O) groups excluding carboxylic acids is 1. The molecule has 1 heterocycles. The number of carbonyl (C=O) groups is 1. The van der Waals surface area contributed by atoms with E-state index in [-0.39, 0.29) is 11.9 Å². The van der Waals surface area contributed by atoms with E-state index in [1.54, 1.807) is 12.1 Å². The van der Waals surface area contributed by atoms with Gasteiger partial charge in [0.15, 0.2) is 0 Å². The normalized spacial score (nSPS) is 22.4. The van der Waals surface area contributed by atoms with Crippen molar-refractivity contribution in [1.82, 2.24) is 10.3 Å². The molecule has 0 saturated heterocycles. The van der Waals surface area contributed by atoms with Gasteiger partial charge in [-0.2, -0.15) is 0 Å². The minimum Gasteiger partial charge on any atom is -0.384 e. The Bertz CT molecular complexity index is 411. The summed E-state index contributed by atoms with van der Waals surface area (Å²) in [5, 5.41) is 3.05. The Hall–Kier alpha value is -1.58. The number of pyridine rings is 1. The summed E-state index contributed by atoms with van der Waals surface area (Å²) >= 11 is 0. The van der Waals surface area contributed by atoms with E-state index in [0.717, 1.165) is 19.3 Å². The van der Waals surface area contributed by atoms with Crippen LogP contribution in [0.1, 0.15) is 43.5 Å². The SMILES string of the molecule is CC1(C)CCC(NC(=O)c2ccc(N)nc2)C1. The van der Waals surface area contributed by atoms with Gasteiger partial charge >= 0.3 is 0 Å². The third-order valence-corrected chi connectivity index (χ3v) is 3.35. The summed E-state index contributed by atoms with van der Waals surface area (Å²) in [5.74, 6) is 0.378. The van der Waals surface area contributed by atoms with Crippen molar-refractivity contribution in [2.75, 3.05) is 5.73 Å². The van der Waals surface area contributed by atoms with Crippen molar-refractivity contribution in [3.63, 3.8) is 0 Å². The molecule has 4 heteroatoms. The Kier molecular flexibility index (Phi) is 3.05. The fraction of sp³-hybridized carbons (Fsp3) is 0.538. The van der Waals surface area contributed by atoms with E-state index in [2.05, 4.69) is 24.1 Å². The van der Waals surface area contributed by atoms with Crippen LogP contribution in [0.15, 0.2) is 18.3 Å². The molecular weight excluding hydrogens is 214 g/mol. The third kappa shape index (κ3) is 2.96. The van der Waals surface area contributed by atoms with Crippen molar-refractivity contribution in [1.29, 1.82) is 0 Å². The summed E-state index contributed by atoms with van der Waals surface area (Å²) in [5.41, 5.74) is 6.40. The Morgan fingerprint density at radius 2 is 2.29 bits per heavy atom. The Morgan fingerprint density at radius 3 is 2.82 bits per heavy atom. The van der Waals surface area contributed by atoms with Crippen LogP contribution in [0.5, 0.6) is 0 Å². The first kappa shape index (κ1) is 11.9. The second-order valence-electron chi connectivity index (χ2n) is 5.55. The molecule has 0 radical (unpaired) electrons. The number of anilines is 1. The summed E-state index contributed by atoms with van der Waals surface area (Å²) in [6.07, 6.45) is 4.78. The first-order chi connectivity index (χ1) is 7.96. The molecule has 0 spiro atoms. The second kappa shape index (κ2) is 4.35. The smallest absolute Gasteiger partial charge is 0.253 e. The van der Waals surface area contributed by atoms with Crippen molar-refractivity contribution in [3.05, 3.63) is 23.9 Å². The van der Waals surface area contributed by atoms with Crippen molar-refractivity contribution in [3.8, 4) is 0 Å². The zero-order valence-corrected chi connectivity index (χ0v) is 10.4. The molecule has 0 bridgehead atoms. The molecule has 1 aromatic rings. The predicted molar refractivity (Wildman–Crippen MR) is 67.5 cm³/mol. The Balaban J connectivity index is 1.96. The van der Waals surface area contributed by atoms with Crippen LogP contribution >= 0.6 is 0 Å². The molecule has 3 N–H and O–H groups in total. The van der Waals surface area contributed by atoms with Crippen molar-refractivity contribution in [2.24, 2.45) is 5.41 Å². The van der Waals surface area contributed by atoms with Crippen molar-refractivity contribution < 1.29 is 4.79 Å². The monoisotopic (exact) mass is 233 g/mol. The fourth-order valence-electron chi connectivity index (χ4n) is 2.37. The van der Waals surface area contributed by atoms with Gasteiger partial charge in [-0.1, -0.05) is 13.8 Å². The lowest BCUT2D eigenvalue weighted by molar-refractivity contribution is 0.0935. The molecule has 1 saturated carbocycles. The highest BCUT2D eigenvalue weighted by Gasteiger charge is 2.31. The maximum Gasteiger partial charge on any atom is 0.253 e. The van der Waals surface area contributed by atoms with Crippen molar-refractivity contribution in [2.45, 2.75) is 39.2 Å². The second-order valence-corrected chi connectivity index (χ2v) is 5.55. The van der Waals surface area contributed by atoms with Gasteiger partial charge in [0.25, 0.3) is 5.91 Å². The van der Waals surface area contributed by atoms with Crippen LogP contribution in [0.25, 0.3) is 0 Å². The van der Waals surface area contributed by atoms with Crippen molar-refractivity contribution >= 4 is 11.7 Å². The van der Waals surface area contributed by atoms with Gasteiger partial charge in [0.2, 0.25) is 0 Å². The minimum absolute atomic E-state index is 0.0554. The molecule has 0 aliphatic heterocycles. The van der Waals surface area contributed by atoms with Gasteiger partial charge in [0, 0.05) is 12.2 Å². The number of nitrogens with one attached hydrogen (secondary N) is 1. The standard InChI is InChI=1S/C13H19N3O/c1-13(2)6-5-10(7-13)16-12(17)9-3-4-11(14)15-8-9/h3-4,8,10H,5-7H2,1-2H3,(H2,14,15)(H,16,17). The summed E-state index contributed by atoms with van der Waals surface area (Å²) < 4.78 is 0. The number of amides is 1. The summed E-state index contributed by atoms with van der Waals surface area (Å²) in [7, 11) is 0. The van der Waals surface area contributed by atoms with Crippen LogP contribution in [-0.4, -0.2) is 16.9 Å². The molecular formula is C13H19N3O. The molecule has 92 valence electrons. The molecule has 1 aliphatic rings. The molecule has 0 aromatic carbocycles. The van der Waals surface area contributed by atoms with Gasteiger partial charge in [-0.15, -0.1) is 0 Å². The molecule has 1 fully saturated rings. The highest BCUT2D eigenvalue weighted by Crippen LogP contribution is 2.36. The number of nitrogens with two attached hydrogens (primary N) is 1. The fourth-order valence-corrected chi connectivity index (χ4v) is 2.37. The lowest BCUT2D eigenvalue weighted by Gasteiger charge is -2.17. The molecule has 1 aromatic heterocycles. The van der Waals surface area contributed by atoms with E-state index in [4.69, 9.17) is 5.73 Å². The summed E-state index contributed by atoms with van der Waals surface area (Å²) in [6, 6.07) is 3.64. The van der Waals surface area contributed by atoms with E-state index in [0.29, 0.717) is 16.8 Å². The van der Waals surface area contributed by atoms with E-state index < -0.39 is 0 Å². The van der Waals surface area contributed by atoms with Gasteiger partial charge < -0.3 is 11.1 Å². The maximum absolute atomic E-state index is 11.9. The first-order valence-electron chi connectivity index (χ1n) is 5.99. The first-order valence-corrected chi connectivity index (χ1v) is 5.99. The lowest BCUT2D eigenvalue weighted by atomic mass is 9.92. The molecule has 4 nitrogen and oxygen atoms in total. The third-order valence-electron chi connectivity index (χ3n) is 3.35. The Labute approximate surface area is 102 Å². The topological polar surface area (TPSA) is 68.0 Å². The zero-order valence-electron chi connectivity index (χ0n) is 10.4. The van der Waals surface area contributed by atoms with E-state index in [1.807, 2.05) is 0 Å². The van der Waals surface area contributed by atoms with Crippen LogP contribution in [-0.2, 0) is 0 Å². The average molecular weight is 233 g/mol. The van der Waals surface area contributed by atoms with Gasteiger partial charge in [-0.3, -0.25) is 4.79 Å². The number of rotatable bonds is 2. The molecule has 1 unspecified atom stereocenters. The molecule has 1 aliphatic carbocycles. The van der Waals surface area contributed by atoms with Gasteiger partial charge in [0.05, 0.1) is 5.56 Å². The van der Waals surface area contributed by atoms with E-state index in [1.165, 1.54) is 6.20 Å². The minimum atomic E-state index is -0.0554. The molecule has 1 amide bonds. The molecule has 1 atom stereocenters. The maximum atomic E-state index is 11.9. The predicted octanol–water partition coefficient (Wildman–Crippen LogP) is 1.97. The number of nitrogens with zero attached hydrogens (tertiary/aromatic N) is 1. The van der Waals surface area contributed by atoms with Crippen LogP contribution in [0.4, 0.5) is 5.82 Å². The zero-order chi connectivity index (χ0) is 12.5. The van der Waals surface area contributed by atoms with Gasteiger partial charge in [0.1, 0.15) is 5.82 Å². The number of hydrogen-bond acceptors (Lipinski definition) is 3. The van der Waals surface area contributed by atoms with Gasteiger partial charge in [-0.05, 0) is 36.8 Å². The van der Waals surface area contributed by atoms with Gasteiger partial charge in [-0.25, -0.2) is 4.98 Å². The summed E-state index contributed by atoms with van der Waals surface area (Å²) in [4.78, 5) is 15.9. The van der Waals surface area contributed by atoms with E-state index in [9.17, 15) is 4.79 Å². The van der Waals surface area contributed by atoms with E-state index >= 15 is 0 Å². The lowest BCUT2D eigenvalue weighted by Crippen LogP contribution is -2.33. The number of hydrogen-bond donors (Lipinski definition) is 2. The van der Waals surface area contributed by atoms with Crippen LogP contribution in [0, 0.1) is 5.41 Å². The van der Waals surface area contributed by atoms with Crippen LogP contribution in [0.2, 0.25) is 0 Å². The average Bonchev–Trinajstić information content (AvgIpc) is 2.59. The highest BCUT2D eigenvalue weighted by atomic mass is 16.1. The highest BCUT2D eigenvalue weighted by molar-refractivity contribution is 5.94. The quantitative estimate of drug-likeness (QED) is 0.820. The Morgan fingerprint density at radius 1 is 1.53 bits per heavy atom.